The van der Waals surface area contributed by atoms with Gasteiger partial charge in [0.15, 0.2) is 9.84 Å². The highest BCUT2D eigenvalue weighted by molar-refractivity contribution is 7.91. The SMILES string of the molecule is COCCN(C(=O)CCNC(C)C)C1CCS(=O)(=O)C1. The molecule has 0 aromatic rings. The molecule has 1 atom stereocenters. The Hall–Kier alpha value is -0.660. The third kappa shape index (κ3) is 5.76. The van der Waals surface area contributed by atoms with Gasteiger partial charge in [0.1, 0.15) is 0 Å². The number of methoxy groups -OCH3 is 1. The average molecular weight is 306 g/mol. The van der Waals surface area contributed by atoms with Gasteiger partial charge < -0.3 is 15.0 Å². The molecule has 0 radical (unpaired) electrons. The number of ether oxygens (including phenoxy) is 1. The van der Waals surface area contributed by atoms with Gasteiger partial charge in [-0.3, -0.25) is 4.79 Å². The first-order valence-corrected chi connectivity index (χ1v) is 8.90. The maximum Gasteiger partial charge on any atom is 0.224 e. The van der Waals surface area contributed by atoms with Crippen LogP contribution >= 0.6 is 0 Å². The predicted octanol–water partition coefficient (Wildman–Crippen LogP) is 0.0366. The van der Waals surface area contributed by atoms with Crippen LogP contribution in [0.15, 0.2) is 0 Å². The van der Waals surface area contributed by atoms with Gasteiger partial charge in [0.25, 0.3) is 0 Å². The summed E-state index contributed by atoms with van der Waals surface area (Å²) in [6, 6.07) is 0.142. The van der Waals surface area contributed by atoms with E-state index in [0.717, 1.165) is 0 Å². The molecule has 1 N–H and O–H groups in total. The van der Waals surface area contributed by atoms with E-state index in [1.165, 1.54) is 0 Å². The highest BCUT2D eigenvalue weighted by Crippen LogP contribution is 2.18. The van der Waals surface area contributed by atoms with Gasteiger partial charge in [-0.05, 0) is 6.42 Å². The van der Waals surface area contributed by atoms with Crippen LogP contribution in [0.4, 0.5) is 0 Å². The molecule has 118 valence electrons. The summed E-state index contributed by atoms with van der Waals surface area (Å²) in [5, 5.41) is 3.20. The Balaban J connectivity index is 2.57. The Morgan fingerprint density at radius 2 is 2.15 bits per heavy atom. The van der Waals surface area contributed by atoms with E-state index in [1.54, 1.807) is 12.0 Å². The van der Waals surface area contributed by atoms with Crippen LogP contribution in [0.5, 0.6) is 0 Å². The standard InChI is InChI=1S/C13H26N2O4S/c1-11(2)14-6-4-13(16)15(7-8-19-3)12-5-9-20(17,18)10-12/h11-12,14H,4-10H2,1-3H3. The van der Waals surface area contributed by atoms with E-state index < -0.39 is 9.84 Å². The van der Waals surface area contributed by atoms with E-state index in [1.807, 2.05) is 13.8 Å². The van der Waals surface area contributed by atoms with Crippen molar-refractivity contribution in [2.24, 2.45) is 0 Å². The van der Waals surface area contributed by atoms with Crippen molar-refractivity contribution in [1.82, 2.24) is 10.2 Å². The number of hydrogen-bond donors (Lipinski definition) is 1. The van der Waals surface area contributed by atoms with Crippen LogP contribution in [0.3, 0.4) is 0 Å². The number of nitrogens with zero attached hydrogens (tertiary/aromatic N) is 1. The van der Waals surface area contributed by atoms with Crippen LogP contribution in [-0.4, -0.2) is 69.6 Å². The lowest BCUT2D eigenvalue weighted by molar-refractivity contribution is -0.133. The molecule has 1 rings (SSSR count). The Morgan fingerprint density at radius 1 is 1.45 bits per heavy atom. The van der Waals surface area contributed by atoms with Crippen molar-refractivity contribution < 1.29 is 17.9 Å². The molecule has 1 amide bonds. The minimum Gasteiger partial charge on any atom is -0.383 e. The van der Waals surface area contributed by atoms with E-state index in [4.69, 9.17) is 4.74 Å². The molecular weight excluding hydrogens is 280 g/mol. The van der Waals surface area contributed by atoms with Crippen LogP contribution in [0.1, 0.15) is 26.7 Å². The summed E-state index contributed by atoms with van der Waals surface area (Å²) in [6.45, 7) is 5.55. The molecule has 1 aliphatic heterocycles. The molecule has 0 saturated carbocycles. The Bertz CT molecular complexity index is 409. The molecule has 1 fully saturated rings. The summed E-state index contributed by atoms with van der Waals surface area (Å²) >= 11 is 0. The monoisotopic (exact) mass is 306 g/mol. The number of rotatable bonds is 8. The summed E-state index contributed by atoms with van der Waals surface area (Å²) in [4.78, 5) is 13.9. The number of carbonyl (C=O) groups is 1. The maximum absolute atomic E-state index is 12.3. The van der Waals surface area contributed by atoms with Crippen LogP contribution < -0.4 is 5.32 Å². The predicted molar refractivity (Wildman–Crippen MR) is 78.4 cm³/mol. The molecule has 1 saturated heterocycles. The van der Waals surface area contributed by atoms with Crippen molar-refractivity contribution in [2.45, 2.75) is 38.8 Å². The normalized spacial score (nSPS) is 21.3. The zero-order chi connectivity index (χ0) is 15.2. The summed E-state index contributed by atoms with van der Waals surface area (Å²) < 4.78 is 28.1. The molecule has 1 aliphatic rings. The van der Waals surface area contributed by atoms with Gasteiger partial charge in [0.05, 0.1) is 18.1 Å². The van der Waals surface area contributed by atoms with Crippen LogP contribution in [0.25, 0.3) is 0 Å². The summed E-state index contributed by atoms with van der Waals surface area (Å²) in [6.07, 6.45) is 0.924. The Morgan fingerprint density at radius 3 is 2.65 bits per heavy atom. The zero-order valence-electron chi connectivity index (χ0n) is 12.6. The average Bonchev–Trinajstić information content (AvgIpc) is 2.69. The van der Waals surface area contributed by atoms with E-state index in [0.29, 0.717) is 38.6 Å². The minimum atomic E-state index is -2.98. The maximum atomic E-state index is 12.3. The number of sulfone groups is 1. The number of nitrogens with one attached hydrogen (secondary N) is 1. The third-order valence-corrected chi connectivity index (χ3v) is 5.15. The zero-order valence-corrected chi connectivity index (χ0v) is 13.4. The van der Waals surface area contributed by atoms with Crippen molar-refractivity contribution >= 4 is 15.7 Å². The van der Waals surface area contributed by atoms with Crippen molar-refractivity contribution in [3.05, 3.63) is 0 Å². The van der Waals surface area contributed by atoms with E-state index in [-0.39, 0.29) is 23.5 Å². The molecule has 0 bridgehead atoms. The molecule has 7 heteroatoms. The first kappa shape index (κ1) is 17.4. The minimum absolute atomic E-state index is 0.00250. The number of amides is 1. The molecule has 0 spiro atoms. The van der Waals surface area contributed by atoms with Gasteiger partial charge >= 0.3 is 0 Å². The second-order valence-corrected chi connectivity index (χ2v) is 7.72. The van der Waals surface area contributed by atoms with Crippen LogP contribution in [0.2, 0.25) is 0 Å². The van der Waals surface area contributed by atoms with Gasteiger partial charge in [-0.1, -0.05) is 13.8 Å². The quantitative estimate of drug-likeness (QED) is 0.685. The molecule has 6 nitrogen and oxygen atoms in total. The molecule has 0 aromatic heterocycles. The molecular formula is C13H26N2O4S. The first-order valence-electron chi connectivity index (χ1n) is 7.08. The highest BCUT2D eigenvalue weighted by atomic mass is 32.2. The third-order valence-electron chi connectivity index (χ3n) is 3.40. The molecule has 0 aliphatic carbocycles. The van der Waals surface area contributed by atoms with Gasteiger partial charge in [-0.15, -0.1) is 0 Å². The van der Waals surface area contributed by atoms with Gasteiger partial charge in [0.2, 0.25) is 5.91 Å². The Labute approximate surface area is 121 Å². The topological polar surface area (TPSA) is 75.7 Å². The lowest BCUT2D eigenvalue weighted by Crippen LogP contribution is -2.44. The van der Waals surface area contributed by atoms with Crippen molar-refractivity contribution in [3.63, 3.8) is 0 Å². The van der Waals surface area contributed by atoms with Gasteiger partial charge in [-0.2, -0.15) is 0 Å². The lowest BCUT2D eigenvalue weighted by atomic mass is 10.2. The second-order valence-electron chi connectivity index (χ2n) is 5.50. The van der Waals surface area contributed by atoms with Crippen molar-refractivity contribution in [1.29, 1.82) is 0 Å². The van der Waals surface area contributed by atoms with Crippen molar-refractivity contribution in [2.75, 3.05) is 38.3 Å². The lowest BCUT2D eigenvalue weighted by Gasteiger charge is -2.28. The number of hydrogen-bond acceptors (Lipinski definition) is 5. The van der Waals surface area contributed by atoms with Crippen molar-refractivity contribution in [3.8, 4) is 0 Å². The van der Waals surface area contributed by atoms with E-state index in [9.17, 15) is 13.2 Å². The van der Waals surface area contributed by atoms with Crippen LogP contribution in [-0.2, 0) is 19.4 Å². The first-order chi connectivity index (χ1) is 9.35. The smallest absolute Gasteiger partial charge is 0.224 e. The Kier molecular flexibility index (Phi) is 6.91. The fourth-order valence-corrected chi connectivity index (χ4v) is 4.06. The van der Waals surface area contributed by atoms with E-state index >= 15 is 0 Å². The molecule has 20 heavy (non-hydrogen) atoms. The van der Waals surface area contributed by atoms with Crippen LogP contribution in [0, 0.1) is 0 Å². The second kappa shape index (κ2) is 7.95. The molecule has 0 aromatic carbocycles. The number of carbonyl (C=O) groups excluding carboxylic acids is 1. The van der Waals surface area contributed by atoms with Gasteiger partial charge in [0, 0.05) is 38.7 Å². The highest BCUT2D eigenvalue weighted by Gasteiger charge is 2.34. The summed E-state index contributed by atoms with van der Waals surface area (Å²) in [5.74, 6) is 0.260. The fraction of sp³-hybridized carbons (Fsp3) is 0.923. The summed E-state index contributed by atoms with van der Waals surface area (Å²) in [5.41, 5.74) is 0. The largest absolute Gasteiger partial charge is 0.383 e. The van der Waals surface area contributed by atoms with Gasteiger partial charge in [-0.25, -0.2) is 8.42 Å². The fourth-order valence-electron chi connectivity index (χ4n) is 2.33. The summed E-state index contributed by atoms with van der Waals surface area (Å²) in [7, 11) is -1.41. The molecule has 1 unspecified atom stereocenters. The van der Waals surface area contributed by atoms with E-state index in [2.05, 4.69) is 5.32 Å². The molecule has 1 heterocycles.